The van der Waals surface area contributed by atoms with Crippen LogP contribution in [0.15, 0.2) is 72.4 Å². The van der Waals surface area contributed by atoms with E-state index in [1.54, 1.807) is 31.4 Å². The summed E-state index contributed by atoms with van der Waals surface area (Å²) >= 11 is 0. The Labute approximate surface area is 123 Å². The number of esters is 1. The van der Waals surface area contributed by atoms with Gasteiger partial charge in [-0.25, -0.2) is 4.79 Å². The quantitative estimate of drug-likeness (QED) is 0.628. The van der Waals surface area contributed by atoms with Gasteiger partial charge in [0.1, 0.15) is 11.5 Å². The highest BCUT2D eigenvalue weighted by Crippen LogP contribution is 2.29. The molecule has 2 aliphatic rings. The summed E-state index contributed by atoms with van der Waals surface area (Å²) in [7, 11) is 1.58. The minimum atomic E-state index is -0.346. The smallest absolute Gasteiger partial charge is 0.343 e. The zero-order chi connectivity index (χ0) is 14.7. The van der Waals surface area contributed by atoms with Crippen molar-refractivity contribution in [3.63, 3.8) is 0 Å². The molecule has 21 heavy (non-hydrogen) atoms. The average molecular weight is 280 g/mol. The van der Waals surface area contributed by atoms with Crippen molar-refractivity contribution >= 4 is 5.97 Å². The highest BCUT2D eigenvalue weighted by atomic mass is 16.5. The fourth-order valence-corrected chi connectivity index (χ4v) is 2.45. The Kier molecular flexibility index (Phi) is 3.73. The summed E-state index contributed by atoms with van der Waals surface area (Å²) in [6.07, 6.45) is 14.1. The summed E-state index contributed by atoms with van der Waals surface area (Å²) in [5, 5.41) is 0. The Morgan fingerprint density at radius 2 is 1.81 bits per heavy atom. The molecule has 1 aromatic carbocycles. The van der Waals surface area contributed by atoms with Crippen LogP contribution in [-0.2, 0) is 4.79 Å². The average Bonchev–Trinajstić information content (AvgIpc) is 2.54. The van der Waals surface area contributed by atoms with E-state index in [1.165, 1.54) is 0 Å². The molecule has 0 heterocycles. The number of carbonyl (C=O) groups is 1. The number of hydrogen-bond acceptors (Lipinski definition) is 3. The molecule has 0 saturated carbocycles. The molecule has 3 heteroatoms. The molecule has 2 unspecified atom stereocenters. The first-order valence-electron chi connectivity index (χ1n) is 6.87. The molecule has 0 bridgehead atoms. The molecule has 0 aromatic heterocycles. The van der Waals surface area contributed by atoms with Crippen LogP contribution in [0.4, 0.5) is 0 Å². The number of rotatable bonds is 3. The molecular formula is C18H16O3. The monoisotopic (exact) mass is 280 g/mol. The lowest BCUT2D eigenvalue weighted by Crippen LogP contribution is -2.17. The van der Waals surface area contributed by atoms with E-state index in [0.717, 1.165) is 0 Å². The van der Waals surface area contributed by atoms with Crippen LogP contribution >= 0.6 is 0 Å². The van der Waals surface area contributed by atoms with Crippen molar-refractivity contribution in [2.24, 2.45) is 11.8 Å². The Morgan fingerprint density at radius 3 is 2.62 bits per heavy atom. The van der Waals surface area contributed by atoms with Gasteiger partial charge in [0.15, 0.2) is 0 Å². The van der Waals surface area contributed by atoms with Crippen molar-refractivity contribution < 1.29 is 14.3 Å². The lowest BCUT2D eigenvalue weighted by Gasteiger charge is -2.22. The predicted molar refractivity (Wildman–Crippen MR) is 81.1 cm³/mol. The molecule has 0 aliphatic heterocycles. The topological polar surface area (TPSA) is 35.5 Å². The molecule has 0 fully saturated rings. The summed E-state index contributed by atoms with van der Waals surface area (Å²) in [6, 6.07) is 7.02. The predicted octanol–water partition coefficient (Wildman–Crippen LogP) is 3.46. The normalized spacial score (nSPS) is 22.4. The van der Waals surface area contributed by atoms with Gasteiger partial charge in [0.05, 0.1) is 12.7 Å². The maximum atomic E-state index is 12.2. The lowest BCUT2D eigenvalue weighted by molar-refractivity contribution is -0.129. The number of ether oxygens (including phenoxy) is 2. The number of carbonyl (C=O) groups excluding carboxylic acids is 1. The van der Waals surface area contributed by atoms with E-state index in [1.807, 2.05) is 30.4 Å². The number of methoxy groups -OCH3 is 1. The van der Waals surface area contributed by atoms with Crippen LogP contribution in [0.3, 0.4) is 0 Å². The van der Waals surface area contributed by atoms with E-state index in [4.69, 9.17) is 9.47 Å². The number of benzene rings is 1. The first kappa shape index (κ1) is 13.4. The van der Waals surface area contributed by atoms with Gasteiger partial charge >= 0.3 is 5.97 Å². The van der Waals surface area contributed by atoms with Crippen LogP contribution in [0.25, 0.3) is 0 Å². The van der Waals surface area contributed by atoms with Crippen LogP contribution in [0.1, 0.15) is 0 Å². The second-order valence-corrected chi connectivity index (χ2v) is 4.97. The summed E-state index contributed by atoms with van der Waals surface area (Å²) in [4.78, 5) is 12.2. The largest absolute Gasteiger partial charge is 0.497 e. The third-order valence-corrected chi connectivity index (χ3v) is 3.58. The van der Waals surface area contributed by atoms with Gasteiger partial charge in [-0.15, -0.1) is 0 Å². The molecule has 3 nitrogen and oxygen atoms in total. The van der Waals surface area contributed by atoms with Gasteiger partial charge in [0.25, 0.3) is 0 Å². The zero-order valence-corrected chi connectivity index (χ0v) is 11.7. The molecule has 3 rings (SSSR count). The SMILES string of the molecule is COc1cccc(OC(=O)C2=CC3C=CC=CC3C=C2)c1. The van der Waals surface area contributed by atoms with Gasteiger partial charge in [-0.05, 0) is 12.1 Å². The number of allylic oxidation sites excluding steroid dienone is 6. The molecule has 0 saturated heterocycles. The molecule has 2 aliphatic carbocycles. The Balaban J connectivity index is 1.74. The summed E-state index contributed by atoms with van der Waals surface area (Å²) in [6.45, 7) is 0. The first-order chi connectivity index (χ1) is 10.3. The first-order valence-corrected chi connectivity index (χ1v) is 6.87. The molecular weight excluding hydrogens is 264 g/mol. The van der Waals surface area contributed by atoms with Crippen molar-refractivity contribution in [2.75, 3.05) is 7.11 Å². The van der Waals surface area contributed by atoms with Crippen LogP contribution in [0, 0.1) is 11.8 Å². The maximum Gasteiger partial charge on any atom is 0.343 e. The molecule has 0 amide bonds. The fraction of sp³-hybridized carbons (Fsp3) is 0.167. The number of hydrogen-bond donors (Lipinski definition) is 0. The summed E-state index contributed by atoms with van der Waals surface area (Å²) in [5.41, 5.74) is 0.582. The van der Waals surface area contributed by atoms with Crippen LogP contribution < -0.4 is 9.47 Å². The Morgan fingerprint density at radius 1 is 1.05 bits per heavy atom. The van der Waals surface area contributed by atoms with E-state index in [-0.39, 0.29) is 11.9 Å². The molecule has 1 aromatic rings. The second-order valence-electron chi connectivity index (χ2n) is 4.97. The summed E-state index contributed by atoms with van der Waals surface area (Å²) < 4.78 is 10.5. The maximum absolute atomic E-state index is 12.2. The third kappa shape index (κ3) is 2.97. The zero-order valence-electron chi connectivity index (χ0n) is 11.7. The van der Waals surface area contributed by atoms with E-state index in [0.29, 0.717) is 23.0 Å². The van der Waals surface area contributed by atoms with Gasteiger partial charge in [-0.2, -0.15) is 0 Å². The fourth-order valence-electron chi connectivity index (χ4n) is 2.45. The van der Waals surface area contributed by atoms with Crippen LogP contribution in [-0.4, -0.2) is 13.1 Å². The molecule has 2 atom stereocenters. The summed E-state index contributed by atoms with van der Waals surface area (Å²) in [5.74, 6) is 1.36. The number of fused-ring (bicyclic) bond motifs is 1. The second kappa shape index (κ2) is 5.83. The van der Waals surface area contributed by atoms with Crippen molar-refractivity contribution in [2.45, 2.75) is 0 Å². The van der Waals surface area contributed by atoms with Crippen LogP contribution in [0.2, 0.25) is 0 Å². The van der Waals surface area contributed by atoms with Crippen molar-refractivity contribution in [3.05, 3.63) is 72.4 Å². The van der Waals surface area contributed by atoms with E-state index < -0.39 is 0 Å². The van der Waals surface area contributed by atoms with Gasteiger partial charge in [-0.1, -0.05) is 48.6 Å². The van der Waals surface area contributed by atoms with Gasteiger partial charge in [-0.3, -0.25) is 0 Å². The van der Waals surface area contributed by atoms with Crippen molar-refractivity contribution in [1.29, 1.82) is 0 Å². The minimum Gasteiger partial charge on any atom is -0.497 e. The lowest BCUT2D eigenvalue weighted by atomic mass is 9.83. The molecule has 0 N–H and O–H groups in total. The Bertz CT molecular complexity index is 665. The van der Waals surface area contributed by atoms with Gasteiger partial charge < -0.3 is 9.47 Å². The van der Waals surface area contributed by atoms with E-state index in [9.17, 15) is 4.79 Å². The highest BCUT2D eigenvalue weighted by molar-refractivity contribution is 5.93. The molecule has 0 radical (unpaired) electrons. The minimum absolute atomic E-state index is 0.229. The van der Waals surface area contributed by atoms with E-state index >= 15 is 0 Å². The van der Waals surface area contributed by atoms with Crippen LogP contribution in [0.5, 0.6) is 11.5 Å². The van der Waals surface area contributed by atoms with Crippen molar-refractivity contribution in [1.82, 2.24) is 0 Å². The molecule has 0 spiro atoms. The van der Waals surface area contributed by atoms with Gasteiger partial charge in [0, 0.05) is 17.9 Å². The third-order valence-electron chi connectivity index (χ3n) is 3.58. The Hall–Kier alpha value is -2.55. The van der Waals surface area contributed by atoms with Crippen molar-refractivity contribution in [3.8, 4) is 11.5 Å². The molecule has 106 valence electrons. The highest BCUT2D eigenvalue weighted by Gasteiger charge is 2.21. The standard InChI is InChI=1S/C18H16O3/c1-20-16-7-4-8-17(12-16)21-18(19)15-10-9-13-5-2-3-6-14(13)11-15/h2-14H,1H3. The van der Waals surface area contributed by atoms with Gasteiger partial charge in [0.2, 0.25) is 0 Å². The van der Waals surface area contributed by atoms with E-state index in [2.05, 4.69) is 12.2 Å².